The van der Waals surface area contributed by atoms with Crippen molar-refractivity contribution in [2.75, 3.05) is 0 Å². The van der Waals surface area contributed by atoms with Crippen LogP contribution in [0.25, 0.3) is 0 Å². The van der Waals surface area contributed by atoms with Gasteiger partial charge < -0.3 is 5.11 Å². The highest BCUT2D eigenvalue weighted by Crippen LogP contribution is 2.22. The molecule has 0 aromatic heterocycles. The molecule has 0 aliphatic carbocycles. The Labute approximate surface area is 117 Å². The summed E-state index contributed by atoms with van der Waals surface area (Å²) in [6, 6.07) is 16.0. The molecular formula is C17H16O3. The van der Waals surface area contributed by atoms with Crippen molar-refractivity contribution >= 4 is 11.8 Å². The van der Waals surface area contributed by atoms with E-state index in [0.29, 0.717) is 11.1 Å². The van der Waals surface area contributed by atoms with Crippen molar-refractivity contribution in [1.29, 1.82) is 0 Å². The molecule has 1 atom stereocenters. The van der Waals surface area contributed by atoms with E-state index >= 15 is 0 Å². The second-order valence-electron chi connectivity index (χ2n) is 4.79. The van der Waals surface area contributed by atoms with E-state index in [0.717, 1.165) is 5.56 Å². The molecule has 0 radical (unpaired) electrons. The predicted molar refractivity (Wildman–Crippen MR) is 76.9 cm³/mol. The van der Waals surface area contributed by atoms with Crippen LogP contribution in [0.3, 0.4) is 0 Å². The van der Waals surface area contributed by atoms with Gasteiger partial charge in [-0.25, -0.2) is 0 Å². The maximum Gasteiger partial charge on any atom is 0.311 e. The molecule has 0 saturated carbocycles. The van der Waals surface area contributed by atoms with Crippen LogP contribution in [-0.2, 0) is 4.79 Å². The summed E-state index contributed by atoms with van der Waals surface area (Å²) >= 11 is 0. The lowest BCUT2D eigenvalue weighted by Gasteiger charge is -2.12. The van der Waals surface area contributed by atoms with Crippen molar-refractivity contribution in [3.63, 3.8) is 0 Å². The fourth-order valence-corrected chi connectivity index (χ4v) is 2.07. The number of aliphatic carboxylic acids is 1. The number of rotatable bonds is 5. The number of carboxylic acid groups (broad SMARTS) is 1. The maximum absolute atomic E-state index is 12.1. The summed E-state index contributed by atoms with van der Waals surface area (Å²) in [7, 11) is 0. The SMILES string of the molecule is Cc1ccc(C(CC(=O)c2ccccc2)C(=O)O)cc1. The summed E-state index contributed by atoms with van der Waals surface area (Å²) in [6.07, 6.45) is -0.0254. The highest BCUT2D eigenvalue weighted by molar-refractivity contribution is 5.99. The van der Waals surface area contributed by atoms with Crippen LogP contribution in [-0.4, -0.2) is 16.9 Å². The third-order valence-corrected chi connectivity index (χ3v) is 3.26. The molecule has 0 fully saturated rings. The average Bonchev–Trinajstić information content (AvgIpc) is 2.46. The first-order chi connectivity index (χ1) is 9.58. The predicted octanol–water partition coefficient (Wildman–Crippen LogP) is 3.44. The second kappa shape index (κ2) is 6.15. The normalized spacial score (nSPS) is 11.8. The first-order valence-corrected chi connectivity index (χ1v) is 6.45. The van der Waals surface area contributed by atoms with Crippen LogP contribution in [0, 0.1) is 6.92 Å². The lowest BCUT2D eigenvalue weighted by molar-refractivity contribution is -0.138. The Bertz CT molecular complexity index is 600. The Kier molecular flexibility index (Phi) is 4.31. The van der Waals surface area contributed by atoms with Crippen LogP contribution in [0.1, 0.15) is 33.8 Å². The molecule has 0 heterocycles. The van der Waals surface area contributed by atoms with Gasteiger partial charge in [-0.3, -0.25) is 9.59 Å². The van der Waals surface area contributed by atoms with Gasteiger partial charge in [0.1, 0.15) is 0 Å². The molecule has 0 saturated heterocycles. The molecule has 0 aliphatic heterocycles. The molecule has 0 bridgehead atoms. The van der Waals surface area contributed by atoms with Gasteiger partial charge in [-0.15, -0.1) is 0 Å². The molecule has 3 nitrogen and oxygen atoms in total. The van der Waals surface area contributed by atoms with Gasteiger partial charge in [0.15, 0.2) is 5.78 Å². The molecule has 2 aromatic carbocycles. The fourth-order valence-electron chi connectivity index (χ4n) is 2.07. The van der Waals surface area contributed by atoms with Crippen LogP contribution in [0.2, 0.25) is 0 Å². The van der Waals surface area contributed by atoms with Crippen molar-refractivity contribution in [1.82, 2.24) is 0 Å². The molecule has 0 amide bonds. The summed E-state index contributed by atoms with van der Waals surface area (Å²) in [5.41, 5.74) is 2.27. The van der Waals surface area contributed by atoms with Gasteiger partial charge in [-0.05, 0) is 12.5 Å². The van der Waals surface area contributed by atoms with E-state index in [1.165, 1.54) is 0 Å². The van der Waals surface area contributed by atoms with E-state index in [1.807, 2.05) is 25.1 Å². The molecule has 0 aliphatic rings. The van der Waals surface area contributed by atoms with E-state index in [2.05, 4.69) is 0 Å². The van der Waals surface area contributed by atoms with E-state index in [1.54, 1.807) is 36.4 Å². The number of carboxylic acids is 1. The lowest BCUT2D eigenvalue weighted by Crippen LogP contribution is -2.16. The van der Waals surface area contributed by atoms with Gasteiger partial charge in [-0.2, -0.15) is 0 Å². The Morgan fingerprint density at radius 2 is 1.60 bits per heavy atom. The van der Waals surface area contributed by atoms with Crippen LogP contribution >= 0.6 is 0 Å². The summed E-state index contributed by atoms with van der Waals surface area (Å²) in [5.74, 6) is -1.93. The minimum Gasteiger partial charge on any atom is -0.481 e. The van der Waals surface area contributed by atoms with Crippen LogP contribution in [0.15, 0.2) is 54.6 Å². The standard InChI is InChI=1S/C17H16O3/c1-12-7-9-13(10-8-12)15(17(19)20)11-16(18)14-5-3-2-4-6-14/h2-10,15H,11H2,1H3,(H,19,20). The molecule has 1 N–H and O–H groups in total. The smallest absolute Gasteiger partial charge is 0.311 e. The number of hydrogen-bond acceptors (Lipinski definition) is 2. The van der Waals surface area contributed by atoms with Gasteiger partial charge >= 0.3 is 5.97 Å². The summed E-state index contributed by atoms with van der Waals surface area (Å²) in [6.45, 7) is 1.94. The minimum atomic E-state index is -0.974. The molecule has 1 unspecified atom stereocenters. The second-order valence-corrected chi connectivity index (χ2v) is 4.79. The molecule has 2 aromatic rings. The van der Waals surface area contributed by atoms with Crippen molar-refractivity contribution in [2.45, 2.75) is 19.3 Å². The summed E-state index contributed by atoms with van der Waals surface area (Å²) < 4.78 is 0. The maximum atomic E-state index is 12.1. The van der Waals surface area contributed by atoms with Crippen molar-refractivity contribution in [3.8, 4) is 0 Å². The Morgan fingerprint density at radius 3 is 2.15 bits per heavy atom. The summed E-state index contributed by atoms with van der Waals surface area (Å²) in [5, 5.41) is 9.34. The molecule has 3 heteroatoms. The number of carbonyl (C=O) groups excluding carboxylic acids is 1. The highest BCUT2D eigenvalue weighted by Gasteiger charge is 2.23. The topological polar surface area (TPSA) is 54.4 Å². The zero-order valence-electron chi connectivity index (χ0n) is 11.2. The van der Waals surface area contributed by atoms with Gasteiger partial charge in [0, 0.05) is 12.0 Å². The molecular weight excluding hydrogens is 252 g/mol. The van der Waals surface area contributed by atoms with Crippen molar-refractivity contribution < 1.29 is 14.7 Å². The highest BCUT2D eigenvalue weighted by atomic mass is 16.4. The number of aryl methyl sites for hydroxylation is 1. The fraction of sp³-hybridized carbons (Fsp3) is 0.176. The molecule has 2 rings (SSSR count). The molecule has 102 valence electrons. The molecule has 20 heavy (non-hydrogen) atoms. The molecule has 0 spiro atoms. The van der Waals surface area contributed by atoms with Crippen LogP contribution in [0.5, 0.6) is 0 Å². The monoisotopic (exact) mass is 268 g/mol. The van der Waals surface area contributed by atoms with E-state index in [-0.39, 0.29) is 12.2 Å². The first kappa shape index (κ1) is 14.0. The largest absolute Gasteiger partial charge is 0.481 e. The number of Topliss-reactive ketones (excluding diaryl/α,β-unsaturated/α-hetero) is 1. The lowest BCUT2D eigenvalue weighted by atomic mass is 9.91. The Balaban J connectivity index is 2.20. The third-order valence-electron chi connectivity index (χ3n) is 3.26. The van der Waals surface area contributed by atoms with Crippen molar-refractivity contribution in [3.05, 3.63) is 71.3 Å². The van der Waals surface area contributed by atoms with E-state index < -0.39 is 11.9 Å². The van der Waals surface area contributed by atoms with E-state index in [9.17, 15) is 14.7 Å². The Morgan fingerprint density at radius 1 is 1.00 bits per heavy atom. The van der Waals surface area contributed by atoms with Gasteiger partial charge in [0.2, 0.25) is 0 Å². The number of benzene rings is 2. The quantitative estimate of drug-likeness (QED) is 0.845. The minimum absolute atomic E-state index is 0.0254. The zero-order valence-corrected chi connectivity index (χ0v) is 11.2. The van der Waals surface area contributed by atoms with Gasteiger partial charge in [0.25, 0.3) is 0 Å². The number of ketones is 1. The number of carbonyl (C=O) groups is 2. The van der Waals surface area contributed by atoms with Crippen LogP contribution in [0.4, 0.5) is 0 Å². The van der Waals surface area contributed by atoms with Gasteiger partial charge in [0.05, 0.1) is 5.92 Å². The van der Waals surface area contributed by atoms with Crippen molar-refractivity contribution in [2.24, 2.45) is 0 Å². The van der Waals surface area contributed by atoms with E-state index in [4.69, 9.17) is 0 Å². The average molecular weight is 268 g/mol. The van der Waals surface area contributed by atoms with Gasteiger partial charge in [-0.1, -0.05) is 60.2 Å². The van der Waals surface area contributed by atoms with Crippen LogP contribution < -0.4 is 0 Å². The third kappa shape index (κ3) is 3.32. The first-order valence-electron chi connectivity index (χ1n) is 6.45. The Hall–Kier alpha value is -2.42. The number of hydrogen-bond donors (Lipinski definition) is 1. The zero-order chi connectivity index (χ0) is 14.5. The summed E-state index contributed by atoms with van der Waals surface area (Å²) in [4.78, 5) is 23.5.